The Bertz CT molecular complexity index is 946. The summed E-state index contributed by atoms with van der Waals surface area (Å²) in [6.07, 6.45) is 3.31. The van der Waals surface area contributed by atoms with E-state index in [9.17, 15) is 13.6 Å². The monoisotopic (exact) mass is 446 g/mol. The number of rotatable bonds is 4. The number of hydrogen-bond donors (Lipinski definition) is 2. The summed E-state index contributed by atoms with van der Waals surface area (Å²) in [5.74, 6) is 0.467. The molecule has 1 aromatic heterocycles. The molecule has 0 atom stereocenters. The van der Waals surface area contributed by atoms with Crippen LogP contribution in [0.1, 0.15) is 39.2 Å². The maximum Gasteiger partial charge on any atom is 0.240 e. The van der Waals surface area contributed by atoms with Crippen LogP contribution in [-0.2, 0) is 11.2 Å². The average Bonchev–Trinajstić information content (AvgIpc) is 2.81. The molecule has 174 valence electrons. The van der Waals surface area contributed by atoms with Crippen LogP contribution in [0.3, 0.4) is 0 Å². The Morgan fingerprint density at radius 3 is 2.47 bits per heavy atom. The first-order valence-corrected chi connectivity index (χ1v) is 11.2. The zero-order valence-corrected chi connectivity index (χ0v) is 19.2. The number of aryl methyl sites for hydroxylation is 1. The van der Waals surface area contributed by atoms with Gasteiger partial charge in [-0.1, -0.05) is 20.8 Å². The van der Waals surface area contributed by atoms with Gasteiger partial charge >= 0.3 is 0 Å². The number of hydrogen-bond acceptors (Lipinski definition) is 6. The largest absolute Gasteiger partial charge is 0.373 e. The molecule has 0 radical (unpaired) electrons. The number of amides is 1. The van der Waals surface area contributed by atoms with Gasteiger partial charge in [0.05, 0.1) is 17.8 Å². The van der Waals surface area contributed by atoms with Crippen molar-refractivity contribution in [2.24, 2.45) is 0 Å². The highest BCUT2D eigenvalue weighted by molar-refractivity contribution is 5.84. The fourth-order valence-corrected chi connectivity index (χ4v) is 4.33. The van der Waals surface area contributed by atoms with Crippen LogP contribution < -0.4 is 20.4 Å². The van der Waals surface area contributed by atoms with Gasteiger partial charge < -0.3 is 20.4 Å². The van der Waals surface area contributed by atoms with Crippen molar-refractivity contribution < 1.29 is 13.6 Å². The van der Waals surface area contributed by atoms with E-state index in [4.69, 9.17) is 0 Å². The number of anilines is 3. The van der Waals surface area contributed by atoms with Gasteiger partial charge in [0, 0.05) is 38.8 Å². The Labute approximate surface area is 188 Å². The molecule has 2 aliphatic heterocycles. The molecule has 2 saturated heterocycles. The second kappa shape index (κ2) is 10.1. The normalized spacial score (nSPS) is 17.5. The summed E-state index contributed by atoms with van der Waals surface area (Å²) >= 11 is 0. The van der Waals surface area contributed by atoms with E-state index in [2.05, 4.69) is 25.5 Å². The second-order valence-electron chi connectivity index (χ2n) is 7.93. The van der Waals surface area contributed by atoms with Gasteiger partial charge in [-0.2, -0.15) is 0 Å². The number of benzene rings is 1. The molecule has 9 heteroatoms. The number of piperidine rings is 1. The van der Waals surface area contributed by atoms with Gasteiger partial charge in [0.25, 0.3) is 0 Å². The topological polar surface area (TPSA) is 73.4 Å². The fourth-order valence-electron chi connectivity index (χ4n) is 4.33. The molecule has 0 aliphatic carbocycles. The number of aromatic nitrogens is 2. The molecule has 1 amide bonds. The fraction of sp³-hybridized carbons (Fsp3) is 0.522. The van der Waals surface area contributed by atoms with Gasteiger partial charge in [-0.25, -0.2) is 18.7 Å². The minimum atomic E-state index is -0.490. The first kappa shape index (κ1) is 23.7. The molecule has 4 rings (SSSR count). The molecule has 1 aromatic carbocycles. The van der Waals surface area contributed by atoms with Gasteiger partial charge in [-0.05, 0) is 30.9 Å². The molecule has 32 heavy (non-hydrogen) atoms. The Morgan fingerprint density at radius 2 is 1.81 bits per heavy atom. The third kappa shape index (κ3) is 4.92. The van der Waals surface area contributed by atoms with Crippen LogP contribution in [0.4, 0.5) is 26.1 Å². The molecule has 0 bridgehead atoms. The molecular weight excluding hydrogens is 414 g/mol. The van der Waals surface area contributed by atoms with Crippen molar-refractivity contribution in [3.05, 3.63) is 41.7 Å². The summed E-state index contributed by atoms with van der Waals surface area (Å²) < 4.78 is 29.0. The number of nitrogens with zero attached hydrogens (tertiary/aromatic N) is 4. The number of nitrogens with one attached hydrogen (secondary N) is 2. The Hall–Kier alpha value is -2.97. The maximum absolute atomic E-state index is 14.7. The number of carbonyl (C=O) groups excluding carboxylic acids is 1. The van der Waals surface area contributed by atoms with Crippen molar-refractivity contribution in [1.29, 1.82) is 0 Å². The molecule has 0 saturated carbocycles. The maximum atomic E-state index is 14.7. The molecule has 3 heterocycles. The minimum Gasteiger partial charge on any atom is -0.373 e. The standard InChI is InChI=1S/C21H26F2N6O.C2H6/c1-3-14-8-16(23)17(9-15(14)22)29-11-20(30)27-21(12-29)4-6-28(7-5-21)19-10-18(24-2)25-13-26-19;1-2/h8-10,13H,3-7,11-12H2,1-2H3,(H,27,30)(H,24,25,26);1-2H3. The molecule has 2 aliphatic rings. The van der Waals surface area contributed by atoms with Crippen molar-refractivity contribution in [3.8, 4) is 0 Å². The van der Waals surface area contributed by atoms with E-state index in [0.717, 1.165) is 11.6 Å². The lowest BCUT2D eigenvalue weighted by Gasteiger charge is -2.48. The highest BCUT2D eigenvalue weighted by Crippen LogP contribution is 2.32. The molecule has 0 unspecified atom stereocenters. The van der Waals surface area contributed by atoms with Crippen molar-refractivity contribution in [3.63, 3.8) is 0 Å². The Balaban J connectivity index is 0.00000141. The van der Waals surface area contributed by atoms with Crippen LogP contribution in [0, 0.1) is 11.6 Å². The first-order chi connectivity index (χ1) is 15.4. The van der Waals surface area contributed by atoms with Crippen molar-refractivity contribution in [2.75, 3.05) is 48.3 Å². The minimum absolute atomic E-state index is 0.0186. The third-order valence-electron chi connectivity index (χ3n) is 6.02. The molecule has 2 aromatic rings. The molecule has 7 nitrogen and oxygen atoms in total. The lowest BCUT2D eigenvalue weighted by atomic mass is 9.85. The van der Waals surface area contributed by atoms with Gasteiger partial charge in [0.2, 0.25) is 5.91 Å². The van der Waals surface area contributed by atoms with Crippen molar-refractivity contribution in [1.82, 2.24) is 15.3 Å². The van der Waals surface area contributed by atoms with Crippen molar-refractivity contribution in [2.45, 2.75) is 45.6 Å². The summed E-state index contributed by atoms with van der Waals surface area (Å²) in [6.45, 7) is 7.64. The van der Waals surface area contributed by atoms with Crippen LogP contribution >= 0.6 is 0 Å². The summed E-state index contributed by atoms with van der Waals surface area (Å²) in [7, 11) is 1.80. The highest BCUT2D eigenvalue weighted by Gasteiger charge is 2.42. The summed E-state index contributed by atoms with van der Waals surface area (Å²) in [4.78, 5) is 24.8. The van der Waals surface area contributed by atoms with E-state index in [0.29, 0.717) is 44.5 Å². The second-order valence-corrected chi connectivity index (χ2v) is 7.93. The number of carbonyl (C=O) groups is 1. The Kier molecular flexibility index (Phi) is 7.48. The van der Waals surface area contributed by atoms with Crippen molar-refractivity contribution >= 4 is 23.2 Å². The third-order valence-corrected chi connectivity index (χ3v) is 6.02. The lowest BCUT2D eigenvalue weighted by Crippen LogP contribution is -2.66. The first-order valence-electron chi connectivity index (χ1n) is 11.2. The van der Waals surface area contributed by atoms with E-state index in [1.54, 1.807) is 18.9 Å². The molecule has 2 fully saturated rings. The zero-order chi connectivity index (χ0) is 23.3. The van der Waals surface area contributed by atoms with E-state index >= 15 is 0 Å². The predicted molar refractivity (Wildman–Crippen MR) is 123 cm³/mol. The molecule has 1 spiro atoms. The predicted octanol–water partition coefficient (Wildman–Crippen LogP) is 3.36. The van der Waals surface area contributed by atoms with Crippen LogP contribution in [0.2, 0.25) is 0 Å². The van der Waals surface area contributed by atoms with Gasteiger partial charge in [0.1, 0.15) is 29.6 Å². The summed E-state index contributed by atoms with van der Waals surface area (Å²) in [6, 6.07) is 4.34. The number of halogens is 2. The van der Waals surface area contributed by atoms with E-state index in [1.165, 1.54) is 18.5 Å². The average molecular weight is 447 g/mol. The quantitative estimate of drug-likeness (QED) is 0.750. The smallest absolute Gasteiger partial charge is 0.240 e. The van der Waals surface area contributed by atoms with Crippen LogP contribution in [-0.4, -0.2) is 54.6 Å². The van der Waals surface area contributed by atoms with Gasteiger partial charge in [-0.3, -0.25) is 4.79 Å². The van der Waals surface area contributed by atoms with E-state index < -0.39 is 17.2 Å². The molecular formula is C23H32F2N6O. The van der Waals surface area contributed by atoms with E-state index in [1.807, 2.05) is 19.9 Å². The van der Waals surface area contributed by atoms with Gasteiger partial charge in [-0.15, -0.1) is 0 Å². The van der Waals surface area contributed by atoms with Crippen LogP contribution in [0.25, 0.3) is 0 Å². The van der Waals surface area contributed by atoms with Crippen LogP contribution in [0.5, 0.6) is 0 Å². The highest BCUT2D eigenvalue weighted by atomic mass is 19.1. The summed E-state index contributed by atoms with van der Waals surface area (Å²) in [5.41, 5.74) is 0.0131. The lowest BCUT2D eigenvalue weighted by molar-refractivity contribution is -0.123. The Morgan fingerprint density at radius 1 is 1.09 bits per heavy atom. The van der Waals surface area contributed by atoms with Crippen LogP contribution in [0.15, 0.2) is 24.5 Å². The zero-order valence-electron chi connectivity index (χ0n) is 19.2. The SMILES string of the molecule is CC.CCc1cc(F)c(N2CC(=O)NC3(CCN(c4cc(NC)ncn4)CC3)C2)cc1F. The van der Waals surface area contributed by atoms with Gasteiger partial charge in [0.15, 0.2) is 0 Å². The summed E-state index contributed by atoms with van der Waals surface area (Å²) in [5, 5.41) is 6.12. The number of piperazine rings is 1. The molecule has 2 N–H and O–H groups in total. The van der Waals surface area contributed by atoms with E-state index in [-0.39, 0.29) is 18.1 Å².